The topological polar surface area (TPSA) is 37.3 Å². The Bertz CT molecular complexity index is 464. The monoisotopic (exact) mass is 341 g/mol. The van der Waals surface area contributed by atoms with Gasteiger partial charge in [-0.1, -0.05) is 13.8 Å². The van der Waals surface area contributed by atoms with E-state index >= 15 is 0 Å². The molecule has 1 unspecified atom stereocenters. The van der Waals surface area contributed by atoms with Gasteiger partial charge in [0.1, 0.15) is 5.69 Å². The lowest BCUT2D eigenvalue weighted by molar-refractivity contribution is 0.0711. The van der Waals surface area contributed by atoms with Crippen LogP contribution < -0.4 is 5.32 Å². The van der Waals surface area contributed by atoms with Gasteiger partial charge in [-0.25, -0.2) is 0 Å². The minimum atomic E-state index is 0.126. The first-order valence-corrected chi connectivity index (χ1v) is 8.11. The summed E-state index contributed by atoms with van der Waals surface area (Å²) >= 11 is 3.44. The number of hydrogen-bond acceptors (Lipinski definition) is 2. The molecule has 0 radical (unpaired) electrons. The van der Waals surface area contributed by atoms with E-state index in [1.165, 1.54) is 12.8 Å². The highest BCUT2D eigenvalue weighted by molar-refractivity contribution is 9.10. The first kappa shape index (κ1) is 15.6. The molecule has 2 heterocycles. The number of rotatable bonds is 5. The molecule has 5 heteroatoms. The highest BCUT2D eigenvalue weighted by atomic mass is 79.9. The summed E-state index contributed by atoms with van der Waals surface area (Å²) < 4.78 is 2.84. The maximum Gasteiger partial charge on any atom is 0.270 e. The molecule has 0 spiro atoms. The number of aryl methyl sites for hydroxylation is 1. The van der Waals surface area contributed by atoms with Crippen molar-refractivity contribution in [3.05, 3.63) is 22.4 Å². The van der Waals surface area contributed by atoms with E-state index in [1.54, 1.807) is 0 Å². The van der Waals surface area contributed by atoms with Gasteiger partial charge in [-0.15, -0.1) is 0 Å². The molecule has 1 amide bonds. The molecule has 1 N–H and O–H groups in total. The molecule has 1 aromatic heterocycles. The van der Waals surface area contributed by atoms with Gasteiger partial charge in [0.05, 0.1) is 0 Å². The number of nitrogens with zero attached hydrogens (tertiary/aromatic N) is 2. The van der Waals surface area contributed by atoms with E-state index in [-0.39, 0.29) is 5.91 Å². The van der Waals surface area contributed by atoms with E-state index in [4.69, 9.17) is 0 Å². The summed E-state index contributed by atoms with van der Waals surface area (Å²) in [6, 6.07) is 2.35. The molecule has 4 nitrogen and oxygen atoms in total. The Morgan fingerprint density at radius 3 is 2.85 bits per heavy atom. The molecule has 0 aromatic carbocycles. The van der Waals surface area contributed by atoms with Crippen molar-refractivity contribution < 1.29 is 4.79 Å². The van der Waals surface area contributed by atoms with Crippen LogP contribution in [0.1, 0.15) is 37.2 Å². The fourth-order valence-corrected chi connectivity index (χ4v) is 3.28. The minimum Gasteiger partial charge on any atom is -0.345 e. The largest absolute Gasteiger partial charge is 0.345 e. The SMILES string of the molecule is CC(C)CN(CC1CCCN1)C(=O)c1cc(Br)cn1C. The Balaban J connectivity index is 2.12. The molecule has 1 aliphatic rings. The first-order valence-electron chi connectivity index (χ1n) is 7.32. The van der Waals surface area contributed by atoms with E-state index in [0.717, 1.165) is 29.8 Å². The molecule has 20 heavy (non-hydrogen) atoms. The van der Waals surface area contributed by atoms with Crippen LogP contribution in [0.2, 0.25) is 0 Å². The van der Waals surface area contributed by atoms with Crippen LogP contribution in [0, 0.1) is 5.92 Å². The first-order chi connectivity index (χ1) is 9.47. The van der Waals surface area contributed by atoms with E-state index in [0.29, 0.717) is 12.0 Å². The van der Waals surface area contributed by atoms with Gasteiger partial charge in [0.25, 0.3) is 5.91 Å². The van der Waals surface area contributed by atoms with Crippen molar-refractivity contribution in [1.29, 1.82) is 0 Å². The average molecular weight is 342 g/mol. The van der Waals surface area contributed by atoms with Crippen molar-refractivity contribution in [2.45, 2.75) is 32.7 Å². The van der Waals surface area contributed by atoms with Gasteiger partial charge in [0, 0.05) is 36.8 Å². The fourth-order valence-electron chi connectivity index (χ4n) is 2.76. The maximum absolute atomic E-state index is 12.8. The molecule has 1 aliphatic heterocycles. The van der Waals surface area contributed by atoms with Gasteiger partial charge in [0.15, 0.2) is 0 Å². The van der Waals surface area contributed by atoms with Crippen molar-refractivity contribution in [2.75, 3.05) is 19.6 Å². The smallest absolute Gasteiger partial charge is 0.270 e. The molecule has 2 rings (SSSR count). The number of halogens is 1. The zero-order valence-corrected chi connectivity index (χ0v) is 14.1. The Labute approximate surface area is 129 Å². The maximum atomic E-state index is 12.8. The van der Waals surface area contributed by atoms with Gasteiger partial charge < -0.3 is 14.8 Å². The molecule has 1 fully saturated rings. The van der Waals surface area contributed by atoms with Crippen LogP contribution in [0.5, 0.6) is 0 Å². The lowest BCUT2D eigenvalue weighted by Gasteiger charge is -2.27. The molecule has 0 aliphatic carbocycles. The molecular weight excluding hydrogens is 318 g/mol. The molecule has 1 saturated heterocycles. The number of carbonyl (C=O) groups excluding carboxylic acids is 1. The van der Waals surface area contributed by atoms with Gasteiger partial charge in [-0.2, -0.15) is 0 Å². The average Bonchev–Trinajstić information content (AvgIpc) is 2.96. The Kier molecular flexibility index (Phi) is 5.27. The van der Waals surface area contributed by atoms with Crippen LogP contribution in [0.15, 0.2) is 16.7 Å². The lowest BCUT2D eigenvalue weighted by Crippen LogP contribution is -2.43. The van der Waals surface area contributed by atoms with Crippen molar-refractivity contribution in [3.8, 4) is 0 Å². The van der Waals surface area contributed by atoms with Gasteiger partial charge >= 0.3 is 0 Å². The molecule has 1 aromatic rings. The Hall–Kier alpha value is -0.810. The molecule has 0 saturated carbocycles. The summed E-state index contributed by atoms with van der Waals surface area (Å²) in [4.78, 5) is 14.8. The summed E-state index contributed by atoms with van der Waals surface area (Å²) in [7, 11) is 1.92. The normalized spacial score (nSPS) is 18.8. The third-order valence-corrected chi connectivity index (χ3v) is 4.10. The second kappa shape index (κ2) is 6.76. The summed E-state index contributed by atoms with van der Waals surface area (Å²) in [5.74, 6) is 0.602. The number of amides is 1. The number of hydrogen-bond donors (Lipinski definition) is 1. The zero-order valence-electron chi connectivity index (χ0n) is 12.5. The number of nitrogens with one attached hydrogen (secondary N) is 1. The van der Waals surface area contributed by atoms with Crippen molar-refractivity contribution >= 4 is 21.8 Å². The predicted molar refractivity (Wildman–Crippen MR) is 84.9 cm³/mol. The second-order valence-electron chi connectivity index (χ2n) is 6.05. The summed E-state index contributed by atoms with van der Waals surface area (Å²) in [5, 5.41) is 3.48. The van der Waals surface area contributed by atoms with E-state index in [1.807, 2.05) is 28.8 Å². The van der Waals surface area contributed by atoms with Crippen LogP contribution in [-0.4, -0.2) is 41.1 Å². The highest BCUT2D eigenvalue weighted by Gasteiger charge is 2.24. The van der Waals surface area contributed by atoms with E-state index < -0.39 is 0 Å². The van der Waals surface area contributed by atoms with Crippen LogP contribution in [0.25, 0.3) is 0 Å². The summed E-state index contributed by atoms with van der Waals surface area (Å²) in [6.07, 6.45) is 4.30. The predicted octanol–water partition coefficient (Wildman–Crippen LogP) is 2.64. The summed E-state index contributed by atoms with van der Waals surface area (Å²) in [6.45, 7) is 7.00. The standard InChI is InChI=1S/C15H24BrN3O/c1-11(2)8-19(10-13-5-4-6-17-13)15(20)14-7-12(16)9-18(14)3/h7,9,11,13,17H,4-6,8,10H2,1-3H3. The van der Waals surface area contributed by atoms with E-state index in [9.17, 15) is 4.79 Å². The van der Waals surface area contributed by atoms with Gasteiger partial charge in [0.2, 0.25) is 0 Å². The Morgan fingerprint density at radius 1 is 1.60 bits per heavy atom. The van der Waals surface area contributed by atoms with Crippen molar-refractivity contribution in [3.63, 3.8) is 0 Å². The molecule has 1 atom stereocenters. The molecular formula is C15H24BrN3O. The number of carbonyl (C=O) groups is 1. The summed E-state index contributed by atoms with van der Waals surface area (Å²) in [5.41, 5.74) is 0.746. The van der Waals surface area contributed by atoms with Crippen LogP contribution in [0.4, 0.5) is 0 Å². The van der Waals surface area contributed by atoms with Crippen LogP contribution in [0.3, 0.4) is 0 Å². The molecule has 112 valence electrons. The quantitative estimate of drug-likeness (QED) is 0.893. The fraction of sp³-hybridized carbons (Fsp3) is 0.667. The molecule has 0 bridgehead atoms. The highest BCUT2D eigenvalue weighted by Crippen LogP contribution is 2.17. The van der Waals surface area contributed by atoms with Crippen LogP contribution >= 0.6 is 15.9 Å². The third-order valence-electron chi connectivity index (χ3n) is 3.67. The van der Waals surface area contributed by atoms with Crippen LogP contribution in [-0.2, 0) is 7.05 Å². The second-order valence-corrected chi connectivity index (χ2v) is 6.97. The van der Waals surface area contributed by atoms with Gasteiger partial charge in [-0.3, -0.25) is 4.79 Å². The Morgan fingerprint density at radius 2 is 2.35 bits per heavy atom. The van der Waals surface area contributed by atoms with Gasteiger partial charge in [-0.05, 0) is 47.3 Å². The third kappa shape index (κ3) is 3.85. The zero-order chi connectivity index (χ0) is 14.7. The van der Waals surface area contributed by atoms with E-state index in [2.05, 4.69) is 35.1 Å². The minimum absolute atomic E-state index is 0.126. The number of aromatic nitrogens is 1. The lowest BCUT2D eigenvalue weighted by atomic mass is 10.1. The van der Waals surface area contributed by atoms with Crippen molar-refractivity contribution in [2.24, 2.45) is 13.0 Å². The van der Waals surface area contributed by atoms with Crippen molar-refractivity contribution in [1.82, 2.24) is 14.8 Å².